The standard InChI is InChI=1S/C19H17ClN4O2/c20-14-5-6-15-13(7-14)9-17(22-15)19(26)24-23-18(25)16-8-11-3-1-2-4-12(11)10-21-16/h1-7,9,16,21-22H,8,10H2,(H,23,25)(H,24,26). The number of aromatic amines is 1. The molecule has 0 saturated heterocycles. The maximum absolute atomic E-state index is 12.3. The van der Waals surface area contributed by atoms with E-state index in [1.54, 1.807) is 24.3 Å². The Morgan fingerprint density at radius 3 is 2.69 bits per heavy atom. The van der Waals surface area contributed by atoms with Crippen molar-refractivity contribution < 1.29 is 9.59 Å². The average molecular weight is 369 g/mol. The van der Waals surface area contributed by atoms with Crippen molar-refractivity contribution in [3.63, 3.8) is 0 Å². The highest BCUT2D eigenvalue weighted by Crippen LogP contribution is 2.20. The predicted molar refractivity (Wildman–Crippen MR) is 99.7 cm³/mol. The molecule has 1 aromatic heterocycles. The minimum atomic E-state index is -0.415. The second kappa shape index (κ2) is 6.82. The Hall–Kier alpha value is -2.83. The van der Waals surface area contributed by atoms with E-state index in [1.807, 2.05) is 24.3 Å². The summed E-state index contributed by atoms with van der Waals surface area (Å²) in [7, 11) is 0. The first kappa shape index (κ1) is 16.6. The second-order valence-electron chi connectivity index (χ2n) is 6.26. The number of nitrogens with one attached hydrogen (secondary N) is 4. The molecule has 2 amide bonds. The number of aromatic nitrogens is 1. The van der Waals surface area contributed by atoms with Crippen LogP contribution in [0.3, 0.4) is 0 Å². The lowest BCUT2D eigenvalue weighted by Crippen LogP contribution is -2.53. The number of H-pyrrole nitrogens is 1. The molecule has 0 saturated carbocycles. The highest BCUT2D eigenvalue weighted by atomic mass is 35.5. The first-order chi connectivity index (χ1) is 12.6. The van der Waals surface area contributed by atoms with Crippen LogP contribution in [0.2, 0.25) is 5.02 Å². The summed E-state index contributed by atoms with van der Waals surface area (Å²) in [6.45, 7) is 0.630. The zero-order valence-electron chi connectivity index (χ0n) is 13.8. The normalized spacial score (nSPS) is 16.1. The number of amides is 2. The van der Waals surface area contributed by atoms with Gasteiger partial charge in [0.2, 0.25) is 0 Å². The molecular weight excluding hydrogens is 352 g/mol. The Labute approximate surface area is 154 Å². The van der Waals surface area contributed by atoms with Gasteiger partial charge in [0, 0.05) is 22.5 Å². The van der Waals surface area contributed by atoms with Crippen molar-refractivity contribution in [1.82, 2.24) is 21.2 Å². The van der Waals surface area contributed by atoms with Crippen molar-refractivity contribution in [3.05, 3.63) is 70.4 Å². The van der Waals surface area contributed by atoms with Crippen LogP contribution in [-0.2, 0) is 17.8 Å². The molecule has 0 spiro atoms. The van der Waals surface area contributed by atoms with Gasteiger partial charge in [-0.2, -0.15) is 0 Å². The Kier molecular flexibility index (Phi) is 4.36. The summed E-state index contributed by atoms with van der Waals surface area (Å²) in [4.78, 5) is 27.6. The van der Waals surface area contributed by atoms with Gasteiger partial charge >= 0.3 is 0 Å². The molecule has 2 heterocycles. The minimum Gasteiger partial charge on any atom is -0.350 e. The van der Waals surface area contributed by atoms with Gasteiger partial charge in [-0.25, -0.2) is 0 Å². The van der Waals surface area contributed by atoms with Gasteiger partial charge < -0.3 is 10.3 Å². The fraction of sp³-hybridized carbons (Fsp3) is 0.158. The molecule has 7 heteroatoms. The van der Waals surface area contributed by atoms with E-state index in [2.05, 4.69) is 21.2 Å². The summed E-state index contributed by atoms with van der Waals surface area (Å²) >= 11 is 5.95. The summed E-state index contributed by atoms with van der Waals surface area (Å²) in [5, 5.41) is 4.61. The molecule has 3 aromatic rings. The van der Waals surface area contributed by atoms with Gasteiger partial charge in [-0.1, -0.05) is 35.9 Å². The fourth-order valence-corrected chi connectivity index (χ4v) is 3.32. The summed E-state index contributed by atoms with van der Waals surface area (Å²) in [6, 6.07) is 14.6. The molecule has 0 fully saturated rings. The van der Waals surface area contributed by atoms with Gasteiger partial charge in [0.25, 0.3) is 11.8 Å². The van der Waals surface area contributed by atoms with Crippen LogP contribution < -0.4 is 16.2 Å². The van der Waals surface area contributed by atoms with Crippen molar-refractivity contribution in [1.29, 1.82) is 0 Å². The third kappa shape index (κ3) is 3.29. The minimum absolute atomic E-state index is 0.271. The summed E-state index contributed by atoms with van der Waals surface area (Å²) in [6.07, 6.45) is 0.586. The molecule has 1 atom stereocenters. The third-order valence-electron chi connectivity index (χ3n) is 4.52. The van der Waals surface area contributed by atoms with Gasteiger partial charge in [-0.3, -0.25) is 20.4 Å². The van der Waals surface area contributed by atoms with Crippen LogP contribution in [0.1, 0.15) is 21.6 Å². The zero-order valence-corrected chi connectivity index (χ0v) is 14.6. The van der Waals surface area contributed by atoms with Crippen molar-refractivity contribution in [2.75, 3.05) is 0 Å². The second-order valence-corrected chi connectivity index (χ2v) is 6.70. The van der Waals surface area contributed by atoms with Crippen molar-refractivity contribution in [2.45, 2.75) is 19.0 Å². The lowest BCUT2D eigenvalue weighted by molar-refractivity contribution is -0.124. The molecule has 0 bridgehead atoms. The number of carbonyl (C=O) groups is 2. The van der Waals surface area contributed by atoms with Crippen LogP contribution in [0.15, 0.2) is 48.5 Å². The van der Waals surface area contributed by atoms with E-state index < -0.39 is 5.91 Å². The third-order valence-corrected chi connectivity index (χ3v) is 4.76. The molecule has 0 radical (unpaired) electrons. The zero-order chi connectivity index (χ0) is 18.1. The first-order valence-electron chi connectivity index (χ1n) is 8.29. The molecule has 1 unspecified atom stereocenters. The molecule has 1 aliphatic rings. The SMILES string of the molecule is O=C(NNC(=O)C1Cc2ccccc2CN1)c1cc2cc(Cl)ccc2[nH]1. The Morgan fingerprint density at radius 1 is 1.04 bits per heavy atom. The summed E-state index contributed by atoms with van der Waals surface area (Å²) < 4.78 is 0. The van der Waals surface area contributed by atoms with Crippen molar-refractivity contribution in [3.8, 4) is 0 Å². The number of hydrogen-bond acceptors (Lipinski definition) is 3. The van der Waals surface area contributed by atoms with E-state index in [0.717, 1.165) is 16.5 Å². The van der Waals surface area contributed by atoms with Crippen LogP contribution in [-0.4, -0.2) is 22.8 Å². The Morgan fingerprint density at radius 2 is 1.85 bits per heavy atom. The molecule has 2 aromatic carbocycles. The molecular formula is C19H17ClN4O2. The van der Waals surface area contributed by atoms with Gasteiger partial charge in [-0.05, 0) is 41.8 Å². The summed E-state index contributed by atoms with van der Waals surface area (Å²) in [5.41, 5.74) is 8.43. The quantitative estimate of drug-likeness (QED) is 0.523. The number of rotatable bonds is 2. The number of hydrazine groups is 1. The number of fused-ring (bicyclic) bond motifs is 2. The maximum atomic E-state index is 12.3. The highest BCUT2D eigenvalue weighted by molar-refractivity contribution is 6.31. The average Bonchev–Trinajstić information content (AvgIpc) is 3.08. The van der Waals surface area contributed by atoms with E-state index in [4.69, 9.17) is 11.6 Å². The van der Waals surface area contributed by atoms with Gasteiger partial charge in [0.1, 0.15) is 5.69 Å². The molecule has 26 heavy (non-hydrogen) atoms. The van der Waals surface area contributed by atoms with E-state index in [9.17, 15) is 9.59 Å². The molecule has 4 N–H and O–H groups in total. The van der Waals surface area contributed by atoms with E-state index in [-0.39, 0.29) is 11.9 Å². The molecule has 6 nitrogen and oxygen atoms in total. The molecule has 4 rings (SSSR count). The molecule has 0 aliphatic carbocycles. The maximum Gasteiger partial charge on any atom is 0.286 e. The lowest BCUT2D eigenvalue weighted by atomic mass is 9.96. The van der Waals surface area contributed by atoms with Crippen LogP contribution in [0, 0.1) is 0 Å². The van der Waals surface area contributed by atoms with Crippen LogP contribution in [0.5, 0.6) is 0 Å². The van der Waals surface area contributed by atoms with Gasteiger partial charge in [-0.15, -0.1) is 0 Å². The topological polar surface area (TPSA) is 86.0 Å². The van der Waals surface area contributed by atoms with Crippen molar-refractivity contribution >= 4 is 34.3 Å². The van der Waals surface area contributed by atoms with Crippen LogP contribution in [0.4, 0.5) is 0 Å². The van der Waals surface area contributed by atoms with E-state index >= 15 is 0 Å². The van der Waals surface area contributed by atoms with E-state index in [1.165, 1.54) is 5.56 Å². The Balaban J connectivity index is 1.38. The Bertz CT molecular complexity index is 998. The molecule has 132 valence electrons. The number of halogens is 1. The number of benzene rings is 2. The number of carbonyl (C=O) groups excluding carboxylic acids is 2. The van der Waals surface area contributed by atoms with Crippen LogP contribution in [0.25, 0.3) is 10.9 Å². The largest absolute Gasteiger partial charge is 0.350 e. The van der Waals surface area contributed by atoms with Gasteiger partial charge in [0.15, 0.2) is 0 Å². The fourth-order valence-electron chi connectivity index (χ4n) is 3.14. The summed E-state index contributed by atoms with van der Waals surface area (Å²) in [5.74, 6) is -0.686. The molecule has 1 aliphatic heterocycles. The smallest absolute Gasteiger partial charge is 0.286 e. The lowest BCUT2D eigenvalue weighted by Gasteiger charge is -2.25. The first-order valence-corrected chi connectivity index (χ1v) is 8.66. The van der Waals surface area contributed by atoms with Crippen LogP contribution >= 0.6 is 11.6 Å². The number of hydrogen-bond donors (Lipinski definition) is 4. The van der Waals surface area contributed by atoms with E-state index in [0.29, 0.717) is 23.7 Å². The predicted octanol–water partition coefficient (Wildman–Crippen LogP) is 2.30. The van der Waals surface area contributed by atoms with Crippen molar-refractivity contribution in [2.24, 2.45) is 0 Å². The van der Waals surface area contributed by atoms with Gasteiger partial charge in [0.05, 0.1) is 6.04 Å². The monoisotopic (exact) mass is 368 g/mol. The highest BCUT2D eigenvalue weighted by Gasteiger charge is 2.24.